The van der Waals surface area contributed by atoms with Crippen LogP contribution >= 0.6 is 7.75 Å². The monoisotopic (exact) mass is 893 g/mol. The van der Waals surface area contributed by atoms with Crippen LogP contribution in [-0.4, -0.2) is 85.1 Å². The molecule has 6 rings (SSSR count). The first-order valence-electron chi connectivity index (χ1n) is 21.0. The lowest BCUT2D eigenvalue weighted by Gasteiger charge is -2.39. The molecule has 0 saturated carbocycles. The Kier molecular flexibility index (Phi) is 15.9. The molecule has 1 amide bonds. The Hall–Kier alpha value is -5.69. The molecule has 64 heavy (non-hydrogen) atoms. The summed E-state index contributed by atoms with van der Waals surface area (Å²) in [4.78, 5) is 31.4. The van der Waals surface area contributed by atoms with Gasteiger partial charge in [-0.3, -0.25) is 18.4 Å². The van der Waals surface area contributed by atoms with Gasteiger partial charge in [0.25, 0.3) is 5.91 Å². The molecule has 338 valence electrons. The van der Waals surface area contributed by atoms with Gasteiger partial charge in [-0.2, -0.15) is 10.2 Å². The third kappa shape index (κ3) is 10.3. The largest absolute Gasteiger partial charge is 0.497 e. The Balaban J connectivity index is 1.48. The van der Waals surface area contributed by atoms with Gasteiger partial charge in [0.2, 0.25) is 0 Å². The number of benzene rings is 4. The first kappa shape index (κ1) is 47.8. The minimum absolute atomic E-state index is 0.0434. The summed E-state index contributed by atoms with van der Waals surface area (Å²) in [5.41, 5.74) is 1.08. The summed E-state index contributed by atoms with van der Waals surface area (Å²) in [6, 6.07) is 34.8. The topological polar surface area (TPSA) is 173 Å². The number of ether oxygens (including phenoxy) is 5. The van der Waals surface area contributed by atoms with Crippen molar-refractivity contribution in [2.45, 2.75) is 83.3 Å². The highest BCUT2D eigenvalue weighted by atomic mass is 31.2. The molecule has 5 aromatic rings. The summed E-state index contributed by atoms with van der Waals surface area (Å²) in [5, 5.41) is 12.2. The van der Waals surface area contributed by atoms with E-state index in [1.165, 1.54) is 17.9 Å². The third-order valence-corrected chi connectivity index (χ3v) is 13.4. The lowest BCUT2D eigenvalue weighted by atomic mass is 9.80. The molecule has 1 aliphatic heterocycles. The molecule has 2 heterocycles. The average Bonchev–Trinajstić information content (AvgIpc) is 3.64. The third-order valence-electron chi connectivity index (χ3n) is 10.9. The quantitative estimate of drug-likeness (QED) is 0.0450. The van der Waals surface area contributed by atoms with Crippen molar-refractivity contribution >= 4 is 19.5 Å². The predicted molar refractivity (Wildman–Crippen MR) is 241 cm³/mol. The molecule has 1 saturated heterocycles. The molecule has 4 aromatic carbocycles. The minimum Gasteiger partial charge on any atom is -0.497 e. The molecule has 16 heteroatoms. The number of nitrogens with one attached hydrogen (secondary N) is 1. The Labute approximate surface area is 374 Å². The van der Waals surface area contributed by atoms with Gasteiger partial charge in [-0.1, -0.05) is 72.8 Å². The summed E-state index contributed by atoms with van der Waals surface area (Å²) in [6.07, 6.45) is -3.10. The van der Waals surface area contributed by atoms with Crippen LogP contribution in [0.1, 0.15) is 73.0 Å². The van der Waals surface area contributed by atoms with Crippen molar-refractivity contribution in [1.29, 1.82) is 5.26 Å². The molecule has 0 radical (unpaired) electrons. The predicted octanol–water partition coefficient (Wildman–Crippen LogP) is 8.28. The van der Waals surface area contributed by atoms with Crippen molar-refractivity contribution in [2.75, 3.05) is 39.9 Å². The van der Waals surface area contributed by atoms with Crippen LogP contribution in [0.4, 0.5) is 5.82 Å². The van der Waals surface area contributed by atoms with E-state index in [4.69, 9.17) is 32.7 Å². The summed E-state index contributed by atoms with van der Waals surface area (Å²) in [5.74, 6) is 0.923. The maximum atomic E-state index is 15.3. The molecule has 0 bridgehead atoms. The van der Waals surface area contributed by atoms with E-state index >= 15 is 4.57 Å². The highest BCUT2D eigenvalue weighted by Gasteiger charge is 2.53. The fourth-order valence-corrected chi connectivity index (χ4v) is 10.4. The molecular formula is C48H56N5O10P. The zero-order chi connectivity index (χ0) is 46.0. The summed E-state index contributed by atoms with van der Waals surface area (Å²) < 4.78 is 62.3. The smallest absolute Gasteiger partial charge is 0.409 e. The lowest BCUT2D eigenvalue weighted by Crippen LogP contribution is -2.44. The fraction of sp³-hybridized carbons (Fsp3) is 0.375. The van der Waals surface area contributed by atoms with Crippen molar-refractivity contribution in [2.24, 2.45) is 0 Å². The molecule has 0 aliphatic carbocycles. The van der Waals surface area contributed by atoms with E-state index in [2.05, 4.69) is 10.3 Å². The van der Waals surface area contributed by atoms with Crippen LogP contribution in [0.25, 0.3) is 0 Å². The number of methoxy groups -OCH3 is 3. The number of nitriles is 1. The summed E-state index contributed by atoms with van der Waals surface area (Å²) >= 11 is 0. The molecule has 1 aromatic heterocycles. The molecule has 15 nitrogen and oxygen atoms in total. The lowest BCUT2D eigenvalue weighted by molar-refractivity contribution is -0.0963. The number of hydrogen-bond donors (Lipinski definition) is 1. The van der Waals surface area contributed by atoms with Crippen molar-refractivity contribution < 1.29 is 42.1 Å². The number of anilines is 1. The Bertz CT molecular complexity index is 2410. The number of rotatable bonds is 20. The summed E-state index contributed by atoms with van der Waals surface area (Å²) in [7, 11) is 0.360. The molecule has 1 fully saturated rings. The van der Waals surface area contributed by atoms with E-state index in [-0.39, 0.29) is 37.5 Å². The summed E-state index contributed by atoms with van der Waals surface area (Å²) in [6.45, 7) is 8.80. The van der Waals surface area contributed by atoms with Crippen molar-refractivity contribution in [3.05, 3.63) is 154 Å². The van der Waals surface area contributed by atoms with Gasteiger partial charge in [0, 0.05) is 36.5 Å². The van der Waals surface area contributed by atoms with Gasteiger partial charge in [-0.05, 0) is 87.7 Å². The van der Waals surface area contributed by atoms with Crippen LogP contribution in [0.15, 0.2) is 120 Å². The number of carbonyl (C=O) groups is 1. The van der Waals surface area contributed by atoms with Crippen molar-refractivity contribution in [1.82, 2.24) is 14.2 Å². The zero-order valence-electron chi connectivity index (χ0n) is 37.4. The van der Waals surface area contributed by atoms with E-state index in [0.717, 1.165) is 16.7 Å². The highest BCUT2D eigenvalue weighted by Crippen LogP contribution is 2.58. The molecule has 1 aliphatic rings. The highest BCUT2D eigenvalue weighted by molar-refractivity contribution is 7.51. The SMILES string of the molecule is COc1ccc(C(OC[C@H]2O[C@@H](n3cc(C)c(NC(=O)c4ccccc4)nc3=O)[C@H](OC)[C@@H]2OP(=O)(OCCC#N)N(C(C)C)C(C)C)(c2ccccc2)c2ccc(OC)cc2)cc1. The van der Waals surface area contributed by atoms with Crippen LogP contribution < -0.4 is 20.5 Å². The Morgan fingerprint density at radius 3 is 1.92 bits per heavy atom. The second-order valence-corrected chi connectivity index (χ2v) is 17.6. The van der Waals surface area contributed by atoms with Gasteiger partial charge in [-0.15, -0.1) is 0 Å². The van der Waals surface area contributed by atoms with Gasteiger partial charge in [0.15, 0.2) is 6.23 Å². The van der Waals surface area contributed by atoms with E-state index in [1.807, 2.05) is 113 Å². The normalized spacial score (nSPS) is 18.5. The van der Waals surface area contributed by atoms with E-state index in [1.54, 1.807) is 56.1 Å². The van der Waals surface area contributed by atoms with E-state index in [9.17, 15) is 14.9 Å². The van der Waals surface area contributed by atoms with Crippen LogP contribution in [0.3, 0.4) is 0 Å². The maximum Gasteiger partial charge on any atom is 0.409 e. The standard InChI is InChI=1S/C48H56N5O10P/c1-32(2)53(33(3)4)64(56,61-29-15-28-49)63-42-41(62-46(43(42)59-8)52-30-34(5)44(51-47(52)55)50-45(54)35-16-11-9-12-17-35)31-60-48(36-18-13-10-14-19-36,37-20-24-39(57-6)25-21-37)38-22-26-40(58-7)27-23-38/h9-14,16-27,30,32-33,41-43,46H,15,29,31H2,1-8H3,(H,50,51,54,55)/t41-,42-,43-,46-,64?/m1/s1. The number of hydrogen-bond acceptors (Lipinski definition) is 12. The molecule has 1 unspecified atom stereocenters. The second-order valence-electron chi connectivity index (χ2n) is 15.7. The van der Waals surface area contributed by atoms with E-state index < -0.39 is 49.5 Å². The molecule has 0 spiro atoms. The second kappa shape index (κ2) is 21.3. The van der Waals surface area contributed by atoms with Gasteiger partial charge in [0.05, 0.1) is 39.9 Å². The number of aryl methyl sites for hydroxylation is 1. The van der Waals surface area contributed by atoms with Gasteiger partial charge in [-0.25, -0.2) is 14.0 Å². The number of carbonyl (C=O) groups excluding carboxylic acids is 1. The average molecular weight is 894 g/mol. The molecule has 1 N–H and O–H groups in total. The van der Waals surface area contributed by atoms with Crippen LogP contribution in [0, 0.1) is 18.3 Å². The number of amides is 1. The maximum absolute atomic E-state index is 15.3. The number of aromatic nitrogens is 2. The molecule has 5 atom stereocenters. The van der Waals surface area contributed by atoms with Gasteiger partial charge in [0.1, 0.15) is 41.2 Å². The van der Waals surface area contributed by atoms with Crippen molar-refractivity contribution in [3.8, 4) is 17.6 Å². The Morgan fingerprint density at radius 2 is 1.41 bits per heavy atom. The van der Waals surface area contributed by atoms with Gasteiger partial charge >= 0.3 is 13.4 Å². The van der Waals surface area contributed by atoms with Gasteiger partial charge < -0.3 is 29.0 Å². The number of nitrogens with zero attached hydrogens (tertiary/aromatic N) is 4. The molecular weight excluding hydrogens is 838 g/mol. The van der Waals surface area contributed by atoms with Crippen LogP contribution in [0.2, 0.25) is 0 Å². The Morgan fingerprint density at radius 1 is 0.859 bits per heavy atom. The fourth-order valence-electron chi connectivity index (χ4n) is 8.04. The van der Waals surface area contributed by atoms with Crippen LogP contribution in [-0.2, 0) is 33.4 Å². The zero-order valence-corrected chi connectivity index (χ0v) is 38.3. The van der Waals surface area contributed by atoms with Crippen molar-refractivity contribution in [3.63, 3.8) is 0 Å². The van der Waals surface area contributed by atoms with E-state index in [0.29, 0.717) is 22.6 Å². The first-order valence-corrected chi connectivity index (χ1v) is 22.5. The minimum atomic E-state index is -4.27. The van der Waals surface area contributed by atoms with Crippen LogP contribution in [0.5, 0.6) is 11.5 Å². The first-order chi connectivity index (χ1) is 30.8.